The highest BCUT2D eigenvalue weighted by Gasteiger charge is 2.22. The van der Waals surface area contributed by atoms with Gasteiger partial charge in [0.15, 0.2) is 0 Å². The predicted octanol–water partition coefficient (Wildman–Crippen LogP) is 3.47. The largest absolute Gasteiger partial charge is 0.381 e. The van der Waals surface area contributed by atoms with E-state index in [4.69, 9.17) is 9.47 Å². The molecule has 1 aromatic carbocycles. The van der Waals surface area contributed by atoms with Gasteiger partial charge in [-0.2, -0.15) is 0 Å². The first-order valence-electron chi connectivity index (χ1n) is 9.54. The van der Waals surface area contributed by atoms with Crippen LogP contribution in [0.2, 0.25) is 0 Å². The molecule has 2 heterocycles. The number of carbonyl (C=O) groups excluding carboxylic acids is 1. The lowest BCUT2D eigenvalue weighted by molar-refractivity contribution is -0.0390. The molecule has 0 radical (unpaired) electrons. The number of nitrogens with zero attached hydrogens (tertiary/aromatic N) is 1. The Bertz CT molecular complexity index is 558. The van der Waals surface area contributed by atoms with Gasteiger partial charge in [0.2, 0.25) is 0 Å². The van der Waals surface area contributed by atoms with E-state index in [1.807, 2.05) is 11.0 Å². The Kier molecular flexibility index (Phi) is 6.70. The van der Waals surface area contributed by atoms with Gasteiger partial charge < -0.3 is 19.7 Å². The predicted molar refractivity (Wildman–Crippen MR) is 97.3 cm³/mol. The van der Waals surface area contributed by atoms with Crippen molar-refractivity contribution in [3.8, 4) is 0 Å². The summed E-state index contributed by atoms with van der Waals surface area (Å²) in [4.78, 5) is 14.3. The molecule has 25 heavy (non-hydrogen) atoms. The molecule has 0 spiro atoms. The highest BCUT2D eigenvalue weighted by Crippen LogP contribution is 2.17. The number of hydrogen-bond acceptors (Lipinski definition) is 3. The SMILES string of the molecule is C[C@H]1CCCCN1C(=O)NCc1cccc(COC2CCOCC2)c1. The average Bonchev–Trinajstić information content (AvgIpc) is 2.66. The van der Waals surface area contributed by atoms with Crippen molar-refractivity contribution in [1.82, 2.24) is 10.2 Å². The second-order valence-electron chi connectivity index (χ2n) is 7.14. The zero-order valence-corrected chi connectivity index (χ0v) is 15.2. The standard InChI is InChI=1S/C20H30N2O3/c1-16-5-2-3-10-22(16)20(23)21-14-17-6-4-7-18(13-17)15-25-19-8-11-24-12-9-19/h4,6-7,13,16,19H,2-3,5,8-12,14-15H2,1H3,(H,21,23)/t16-/m0/s1. The van der Waals surface area contributed by atoms with Gasteiger partial charge in [0.1, 0.15) is 0 Å². The normalized spacial score (nSPS) is 22.0. The maximum atomic E-state index is 12.4. The summed E-state index contributed by atoms with van der Waals surface area (Å²) < 4.78 is 11.3. The summed E-state index contributed by atoms with van der Waals surface area (Å²) in [5.41, 5.74) is 2.27. The molecule has 0 aromatic heterocycles. The summed E-state index contributed by atoms with van der Waals surface area (Å²) >= 11 is 0. The van der Waals surface area contributed by atoms with Crippen LogP contribution in [0.1, 0.15) is 50.2 Å². The summed E-state index contributed by atoms with van der Waals surface area (Å²) in [6.45, 7) is 5.78. The number of benzene rings is 1. The fourth-order valence-electron chi connectivity index (χ4n) is 3.57. The number of urea groups is 1. The van der Waals surface area contributed by atoms with Crippen LogP contribution >= 0.6 is 0 Å². The minimum absolute atomic E-state index is 0.0519. The van der Waals surface area contributed by atoms with Crippen LogP contribution in [0.5, 0.6) is 0 Å². The molecule has 0 aliphatic carbocycles. The van der Waals surface area contributed by atoms with Gasteiger partial charge in [-0.1, -0.05) is 24.3 Å². The molecule has 3 rings (SSSR count). The zero-order valence-electron chi connectivity index (χ0n) is 15.2. The van der Waals surface area contributed by atoms with Crippen LogP contribution in [0.3, 0.4) is 0 Å². The molecule has 0 saturated carbocycles. The maximum Gasteiger partial charge on any atom is 0.317 e. The van der Waals surface area contributed by atoms with Crippen molar-refractivity contribution in [1.29, 1.82) is 0 Å². The Morgan fingerprint density at radius 3 is 2.84 bits per heavy atom. The molecule has 0 bridgehead atoms. The fourth-order valence-corrected chi connectivity index (χ4v) is 3.57. The Labute approximate surface area is 150 Å². The topological polar surface area (TPSA) is 50.8 Å². The molecular formula is C20H30N2O3. The van der Waals surface area contributed by atoms with Gasteiger partial charge in [-0.3, -0.25) is 0 Å². The van der Waals surface area contributed by atoms with Crippen LogP contribution in [0.4, 0.5) is 4.79 Å². The molecule has 2 saturated heterocycles. The Morgan fingerprint density at radius 2 is 2.04 bits per heavy atom. The first-order chi connectivity index (χ1) is 12.2. The zero-order chi connectivity index (χ0) is 17.5. The lowest BCUT2D eigenvalue weighted by Crippen LogP contribution is -2.47. The molecule has 2 aliphatic heterocycles. The average molecular weight is 346 g/mol. The van der Waals surface area contributed by atoms with E-state index in [-0.39, 0.29) is 6.03 Å². The number of amides is 2. The molecule has 1 N–H and O–H groups in total. The van der Waals surface area contributed by atoms with Crippen LogP contribution in [-0.4, -0.2) is 42.8 Å². The lowest BCUT2D eigenvalue weighted by atomic mass is 10.0. The van der Waals surface area contributed by atoms with Crippen molar-refractivity contribution in [2.45, 2.75) is 64.3 Å². The second kappa shape index (κ2) is 9.20. The molecule has 5 heteroatoms. The van der Waals surface area contributed by atoms with Crippen LogP contribution in [0.25, 0.3) is 0 Å². The minimum atomic E-state index is 0.0519. The lowest BCUT2D eigenvalue weighted by Gasteiger charge is -2.33. The minimum Gasteiger partial charge on any atom is -0.381 e. The van der Waals surface area contributed by atoms with E-state index in [9.17, 15) is 4.79 Å². The molecule has 5 nitrogen and oxygen atoms in total. The van der Waals surface area contributed by atoms with Crippen molar-refractivity contribution >= 4 is 6.03 Å². The van der Waals surface area contributed by atoms with Crippen molar-refractivity contribution in [2.24, 2.45) is 0 Å². The van der Waals surface area contributed by atoms with Crippen molar-refractivity contribution < 1.29 is 14.3 Å². The van der Waals surface area contributed by atoms with Crippen LogP contribution in [0, 0.1) is 0 Å². The van der Waals surface area contributed by atoms with Gasteiger partial charge in [-0.05, 0) is 50.2 Å². The quantitative estimate of drug-likeness (QED) is 0.888. The molecule has 1 atom stereocenters. The Hall–Kier alpha value is -1.59. The van der Waals surface area contributed by atoms with Crippen molar-refractivity contribution in [3.63, 3.8) is 0 Å². The molecular weight excluding hydrogens is 316 g/mol. The van der Waals surface area contributed by atoms with Gasteiger partial charge in [-0.25, -0.2) is 4.79 Å². The number of likely N-dealkylation sites (tertiary alicyclic amines) is 1. The number of rotatable bonds is 5. The Morgan fingerprint density at radius 1 is 1.24 bits per heavy atom. The van der Waals surface area contributed by atoms with E-state index in [2.05, 4.69) is 30.4 Å². The van der Waals surface area contributed by atoms with Crippen molar-refractivity contribution in [2.75, 3.05) is 19.8 Å². The van der Waals surface area contributed by atoms with Gasteiger partial charge >= 0.3 is 6.03 Å². The number of nitrogens with one attached hydrogen (secondary N) is 1. The van der Waals surface area contributed by atoms with E-state index < -0.39 is 0 Å². The summed E-state index contributed by atoms with van der Waals surface area (Å²) in [6, 6.07) is 8.69. The van der Waals surface area contributed by atoms with Crippen LogP contribution < -0.4 is 5.32 Å². The third kappa shape index (κ3) is 5.44. The number of piperidine rings is 1. The van der Waals surface area contributed by atoms with Gasteiger partial charge in [0.05, 0.1) is 12.7 Å². The summed E-state index contributed by atoms with van der Waals surface area (Å²) in [5.74, 6) is 0. The van der Waals surface area contributed by atoms with Gasteiger partial charge in [-0.15, -0.1) is 0 Å². The van der Waals surface area contributed by atoms with Gasteiger partial charge in [0.25, 0.3) is 0 Å². The highest BCUT2D eigenvalue weighted by molar-refractivity contribution is 5.74. The molecule has 2 fully saturated rings. The van der Waals surface area contributed by atoms with E-state index in [0.29, 0.717) is 25.3 Å². The third-order valence-electron chi connectivity index (χ3n) is 5.15. The van der Waals surface area contributed by atoms with E-state index in [0.717, 1.165) is 56.6 Å². The van der Waals surface area contributed by atoms with Crippen molar-refractivity contribution in [3.05, 3.63) is 35.4 Å². The smallest absolute Gasteiger partial charge is 0.317 e. The summed E-state index contributed by atoms with van der Waals surface area (Å²) in [6.07, 6.45) is 5.69. The first kappa shape index (κ1) is 18.2. The number of ether oxygens (including phenoxy) is 2. The molecule has 2 amide bonds. The third-order valence-corrected chi connectivity index (χ3v) is 5.15. The molecule has 1 aromatic rings. The summed E-state index contributed by atoms with van der Waals surface area (Å²) in [5, 5.41) is 3.06. The fraction of sp³-hybridized carbons (Fsp3) is 0.650. The molecule has 2 aliphatic rings. The first-order valence-corrected chi connectivity index (χ1v) is 9.54. The van der Waals surface area contributed by atoms with Gasteiger partial charge in [0, 0.05) is 32.3 Å². The Balaban J connectivity index is 1.46. The second-order valence-corrected chi connectivity index (χ2v) is 7.14. The van der Waals surface area contributed by atoms with E-state index in [1.54, 1.807) is 0 Å². The maximum absolute atomic E-state index is 12.4. The molecule has 138 valence electrons. The highest BCUT2D eigenvalue weighted by atomic mass is 16.5. The van der Waals surface area contributed by atoms with E-state index >= 15 is 0 Å². The molecule has 0 unspecified atom stereocenters. The summed E-state index contributed by atoms with van der Waals surface area (Å²) in [7, 11) is 0. The van der Waals surface area contributed by atoms with Crippen LogP contribution in [0.15, 0.2) is 24.3 Å². The number of carbonyl (C=O) groups is 1. The number of hydrogen-bond donors (Lipinski definition) is 1. The monoisotopic (exact) mass is 346 g/mol. The van der Waals surface area contributed by atoms with Crippen LogP contribution in [-0.2, 0) is 22.6 Å². The van der Waals surface area contributed by atoms with E-state index in [1.165, 1.54) is 6.42 Å².